The van der Waals surface area contributed by atoms with Gasteiger partial charge in [-0.2, -0.15) is 0 Å². The molecule has 48 heavy (non-hydrogen) atoms. The summed E-state index contributed by atoms with van der Waals surface area (Å²) in [4.78, 5) is 33.2. The summed E-state index contributed by atoms with van der Waals surface area (Å²) in [7, 11) is 5.39. The highest BCUT2D eigenvalue weighted by molar-refractivity contribution is 6.11. The Labute approximate surface area is 275 Å². The molecule has 5 aromatic rings. The molecule has 2 N–H and O–H groups in total. The van der Waals surface area contributed by atoms with Gasteiger partial charge in [-0.25, -0.2) is 18.2 Å². The van der Waals surface area contributed by atoms with Crippen LogP contribution in [0.5, 0.6) is 5.75 Å². The highest BCUT2D eigenvalue weighted by Gasteiger charge is 2.36. The van der Waals surface area contributed by atoms with Crippen LogP contribution in [0.1, 0.15) is 47.2 Å². The number of hydrogen-bond donors (Lipinski definition) is 2. The van der Waals surface area contributed by atoms with Gasteiger partial charge in [0, 0.05) is 62.2 Å². The maximum atomic E-state index is 15.5. The van der Waals surface area contributed by atoms with Crippen molar-refractivity contribution in [2.75, 3.05) is 37.5 Å². The summed E-state index contributed by atoms with van der Waals surface area (Å²) in [6, 6.07) is 6.67. The van der Waals surface area contributed by atoms with Gasteiger partial charge in [0.25, 0.3) is 0 Å². The average molecular weight is 657 g/mol. The number of pyridine rings is 1. The average Bonchev–Trinajstić information content (AvgIpc) is 3.57. The number of carbonyl (C=O) groups is 2. The lowest BCUT2D eigenvalue weighted by atomic mass is 9.95. The first kappa shape index (κ1) is 31.5. The molecule has 0 radical (unpaired) electrons. The first-order chi connectivity index (χ1) is 22.9. The van der Waals surface area contributed by atoms with Crippen molar-refractivity contribution in [1.82, 2.24) is 19.3 Å². The van der Waals surface area contributed by atoms with Gasteiger partial charge in [-0.05, 0) is 62.9 Å². The number of halogens is 3. The van der Waals surface area contributed by atoms with E-state index in [-0.39, 0.29) is 16.8 Å². The third-order valence-corrected chi connectivity index (χ3v) is 9.53. The molecule has 1 fully saturated rings. The van der Waals surface area contributed by atoms with Crippen LogP contribution < -0.4 is 20.3 Å². The van der Waals surface area contributed by atoms with Gasteiger partial charge in [0.1, 0.15) is 40.2 Å². The summed E-state index contributed by atoms with van der Waals surface area (Å²) in [6.07, 6.45) is 6.58. The fraction of sp³-hybridized carbons (Fsp3) is 0.306. The van der Waals surface area contributed by atoms with E-state index in [0.29, 0.717) is 41.9 Å². The van der Waals surface area contributed by atoms with Crippen molar-refractivity contribution in [3.05, 3.63) is 88.8 Å². The number of aryl methyl sites for hydroxylation is 2. The smallest absolute Gasteiger partial charge is 0.248 e. The number of rotatable bonds is 8. The third-order valence-electron chi connectivity index (χ3n) is 9.53. The standard InChI is InChI=1S/C36H35F3N6O3/c1-19-41-32-26(44(19)4)17-28(48-5)30-23-16-22(37)18-45-27(15-20(33(23)45)8-12-43(3)34(30)32)35(47)21-13-24(38)31(25(39)14-21)42-29(46)7-6-11-40-36(2)9-10-36/h6-7,13-18,40H,8-12H2,1-5H3,(H,42,46)/b7-6+. The molecule has 2 aliphatic rings. The second kappa shape index (κ2) is 11.6. The van der Waals surface area contributed by atoms with E-state index in [1.54, 1.807) is 19.3 Å². The Balaban J connectivity index is 1.28. The van der Waals surface area contributed by atoms with E-state index < -0.39 is 34.8 Å². The molecule has 248 valence electrons. The number of benzene rings is 2. The van der Waals surface area contributed by atoms with Gasteiger partial charge in [-0.1, -0.05) is 6.08 Å². The van der Waals surface area contributed by atoms with Crippen LogP contribution in [0.3, 0.4) is 0 Å². The van der Waals surface area contributed by atoms with Gasteiger partial charge >= 0.3 is 0 Å². The number of nitrogens with zero attached hydrogens (tertiary/aromatic N) is 4. The summed E-state index contributed by atoms with van der Waals surface area (Å²) in [5.74, 6) is -2.94. The molecule has 1 aliphatic carbocycles. The molecule has 4 heterocycles. The number of nitrogens with one attached hydrogen (secondary N) is 2. The molecule has 1 saturated carbocycles. The van der Waals surface area contributed by atoms with E-state index in [0.717, 1.165) is 53.1 Å². The molecular weight excluding hydrogens is 621 g/mol. The van der Waals surface area contributed by atoms with Crippen molar-refractivity contribution < 1.29 is 27.5 Å². The number of methoxy groups -OCH3 is 1. The first-order valence-electron chi connectivity index (χ1n) is 15.7. The number of imidazole rings is 1. The molecule has 2 aromatic carbocycles. The summed E-state index contributed by atoms with van der Waals surface area (Å²) < 4.78 is 55.3. The number of amides is 1. The Morgan fingerprint density at radius 2 is 1.81 bits per heavy atom. The number of hydrogen-bond acceptors (Lipinski definition) is 6. The lowest BCUT2D eigenvalue weighted by molar-refractivity contribution is -0.112. The Hall–Kier alpha value is -5.10. The van der Waals surface area contributed by atoms with E-state index in [9.17, 15) is 9.59 Å². The molecular formula is C36H35F3N6O3. The quantitative estimate of drug-likeness (QED) is 0.155. The van der Waals surface area contributed by atoms with Crippen LogP contribution in [-0.4, -0.2) is 58.4 Å². The summed E-state index contributed by atoms with van der Waals surface area (Å²) in [6.45, 7) is 4.96. The fourth-order valence-corrected chi connectivity index (χ4v) is 6.50. The van der Waals surface area contributed by atoms with Crippen LogP contribution in [0.25, 0.3) is 27.7 Å². The van der Waals surface area contributed by atoms with Crippen molar-refractivity contribution in [1.29, 1.82) is 0 Å². The topological polar surface area (TPSA) is 92.9 Å². The van der Waals surface area contributed by atoms with E-state index in [1.807, 2.05) is 36.6 Å². The number of anilines is 2. The SMILES string of the molecule is COc1cc2c(nc(C)n2C)c2c1-c1cc(F)cn3c(C(=O)c4cc(F)c(NC(=O)/C=C/CNC5(C)CC5)c(F)c4)cc(c13)CCN2C. The zero-order chi connectivity index (χ0) is 34.1. The number of aromatic nitrogens is 3. The van der Waals surface area contributed by atoms with Gasteiger partial charge in [-0.15, -0.1) is 0 Å². The Morgan fingerprint density at radius 3 is 2.50 bits per heavy atom. The first-order valence-corrected chi connectivity index (χ1v) is 15.7. The normalized spacial score (nSPS) is 15.1. The van der Waals surface area contributed by atoms with Crippen LogP contribution in [0.2, 0.25) is 0 Å². The lowest BCUT2D eigenvalue weighted by Crippen LogP contribution is -2.27. The van der Waals surface area contributed by atoms with E-state index in [4.69, 9.17) is 9.72 Å². The highest BCUT2D eigenvalue weighted by atomic mass is 19.1. The molecule has 0 spiro atoms. The second-order valence-corrected chi connectivity index (χ2v) is 12.9. The summed E-state index contributed by atoms with van der Waals surface area (Å²) in [5.41, 5.74) is 3.99. The number of likely N-dealkylation sites (N-methyl/N-ethyl adjacent to an activating group) is 1. The zero-order valence-corrected chi connectivity index (χ0v) is 27.3. The molecule has 7 rings (SSSR count). The second-order valence-electron chi connectivity index (χ2n) is 12.9. The lowest BCUT2D eigenvalue weighted by Gasteiger charge is -2.27. The predicted molar refractivity (Wildman–Crippen MR) is 179 cm³/mol. The molecule has 0 unspecified atom stereocenters. The maximum Gasteiger partial charge on any atom is 0.248 e. The Kier molecular flexibility index (Phi) is 7.58. The number of ketones is 1. The predicted octanol–water partition coefficient (Wildman–Crippen LogP) is 6.09. The minimum Gasteiger partial charge on any atom is -0.496 e. The van der Waals surface area contributed by atoms with Crippen molar-refractivity contribution in [3.8, 4) is 16.9 Å². The molecule has 0 bridgehead atoms. The third kappa shape index (κ3) is 5.29. The Morgan fingerprint density at radius 1 is 1.08 bits per heavy atom. The van der Waals surface area contributed by atoms with E-state index in [2.05, 4.69) is 17.6 Å². The van der Waals surface area contributed by atoms with Crippen LogP contribution in [0, 0.1) is 24.4 Å². The van der Waals surface area contributed by atoms with Crippen molar-refractivity contribution in [3.63, 3.8) is 0 Å². The monoisotopic (exact) mass is 656 g/mol. The number of carbonyl (C=O) groups excluding carboxylic acids is 2. The van der Waals surface area contributed by atoms with Gasteiger partial charge in [0.15, 0.2) is 0 Å². The minimum atomic E-state index is -1.11. The van der Waals surface area contributed by atoms with Crippen molar-refractivity contribution >= 4 is 39.6 Å². The van der Waals surface area contributed by atoms with E-state index in [1.165, 1.54) is 22.7 Å². The van der Waals surface area contributed by atoms with Crippen LogP contribution >= 0.6 is 0 Å². The number of ether oxygens (including phenoxy) is 1. The Bertz CT molecular complexity index is 2170. The van der Waals surface area contributed by atoms with Crippen LogP contribution in [0.4, 0.5) is 24.5 Å². The van der Waals surface area contributed by atoms with Crippen molar-refractivity contribution in [2.45, 2.75) is 38.6 Å². The largest absolute Gasteiger partial charge is 0.496 e. The molecule has 3 aromatic heterocycles. The molecule has 0 saturated heterocycles. The summed E-state index contributed by atoms with van der Waals surface area (Å²) in [5, 5.41) is 5.51. The van der Waals surface area contributed by atoms with Gasteiger partial charge in [0.2, 0.25) is 11.7 Å². The van der Waals surface area contributed by atoms with Crippen LogP contribution in [0.15, 0.2) is 48.7 Å². The van der Waals surface area contributed by atoms with Gasteiger partial charge in [0.05, 0.1) is 35.1 Å². The van der Waals surface area contributed by atoms with Crippen molar-refractivity contribution in [2.24, 2.45) is 7.05 Å². The van der Waals surface area contributed by atoms with Gasteiger partial charge < -0.3 is 29.2 Å². The molecule has 1 amide bonds. The van der Waals surface area contributed by atoms with Gasteiger partial charge in [-0.3, -0.25) is 9.59 Å². The molecule has 12 heteroatoms. The van der Waals surface area contributed by atoms with E-state index >= 15 is 13.2 Å². The van der Waals surface area contributed by atoms with Crippen LogP contribution in [-0.2, 0) is 18.3 Å². The molecule has 9 nitrogen and oxygen atoms in total. The minimum absolute atomic E-state index is 0.0379. The molecule has 0 atom stereocenters. The fourth-order valence-electron chi connectivity index (χ4n) is 6.50. The number of fused-ring (bicyclic) bond motifs is 4. The maximum absolute atomic E-state index is 15.5. The highest BCUT2D eigenvalue weighted by Crippen LogP contribution is 2.47. The summed E-state index contributed by atoms with van der Waals surface area (Å²) >= 11 is 0. The molecule has 1 aliphatic heterocycles. The zero-order valence-electron chi connectivity index (χ0n) is 27.3.